The summed E-state index contributed by atoms with van der Waals surface area (Å²) in [5, 5.41) is 3.61. The topological polar surface area (TPSA) is 68.9 Å². The smallest absolute Gasteiger partial charge is 0.278 e. The van der Waals surface area contributed by atoms with Crippen LogP contribution in [-0.4, -0.2) is 26.3 Å². The van der Waals surface area contributed by atoms with Crippen LogP contribution in [0.25, 0.3) is 11.0 Å². The lowest BCUT2D eigenvalue weighted by atomic mass is 10.2. The molecule has 3 rings (SSSR count). The third-order valence-corrected chi connectivity index (χ3v) is 6.22. The molecule has 6 nitrogen and oxygen atoms in total. The summed E-state index contributed by atoms with van der Waals surface area (Å²) in [5.74, 6) is 0.127. The van der Waals surface area contributed by atoms with Crippen LogP contribution in [0.2, 0.25) is 0 Å². The summed E-state index contributed by atoms with van der Waals surface area (Å²) >= 11 is 4.92. The van der Waals surface area contributed by atoms with Gasteiger partial charge >= 0.3 is 0 Å². The highest BCUT2D eigenvalue weighted by molar-refractivity contribution is 9.10. The number of anilines is 1. The molecule has 0 aliphatic heterocycles. The summed E-state index contributed by atoms with van der Waals surface area (Å²) in [5.41, 5.74) is 3.60. The fourth-order valence-electron chi connectivity index (χ4n) is 3.30. The van der Waals surface area contributed by atoms with Gasteiger partial charge in [0.05, 0.1) is 5.52 Å². The number of aromatic nitrogens is 3. The molecule has 1 aromatic carbocycles. The number of aryl methyl sites for hydroxylation is 2. The van der Waals surface area contributed by atoms with E-state index in [-0.39, 0.29) is 18.0 Å². The Labute approximate surface area is 182 Å². The predicted molar refractivity (Wildman–Crippen MR) is 123 cm³/mol. The Morgan fingerprint density at radius 1 is 1.24 bits per heavy atom. The van der Waals surface area contributed by atoms with Crippen LogP contribution in [-0.2, 0) is 17.9 Å². The lowest BCUT2D eigenvalue weighted by molar-refractivity contribution is -0.116. The largest absolute Gasteiger partial charge is 0.330 e. The third-order valence-electron chi connectivity index (χ3n) is 4.65. The molecule has 2 aromatic heterocycles. The molecule has 29 heavy (non-hydrogen) atoms. The van der Waals surface area contributed by atoms with E-state index in [4.69, 9.17) is 0 Å². The number of benzene rings is 1. The normalized spacial score (nSPS) is 11.4. The molecule has 0 atom stereocenters. The van der Waals surface area contributed by atoms with Crippen LogP contribution in [0.3, 0.4) is 0 Å². The number of nitrogens with one attached hydrogen (secondary N) is 1. The second kappa shape index (κ2) is 8.75. The van der Waals surface area contributed by atoms with Gasteiger partial charge in [0.25, 0.3) is 5.56 Å². The first-order chi connectivity index (χ1) is 13.7. The zero-order valence-electron chi connectivity index (χ0n) is 17.2. The minimum Gasteiger partial charge on any atom is -0.330 e. The van der Waals surface area contributed by atoms with Gasteiger partial charge in [0.1, 0.15) is 12.1 Å². The Morgan fingerprint density at radius 2 is 1.97 bits per heavy atom. The molecule has 0 radical (unpaired) electrons. The van der Waals surface area contributed by atoms with Crippen molar-refractivity contribution in [1.82, 2.24) is 14.1 Å². The van der Waals surface area contributed by atoms with Crippen molar-refractivity contribution in [3.63, 3.8) is 0 Å². The monoisotopic (exact) mass is 476 g/mol. The number of rotatable bonds is 6. The van der Waals surface area contributed by atoms with Gasteiger partial charge in [-0.15, -0.1) is 0 Å². The first-order valence-corrected chi connectivity index (χ1v) is 11.4. The summed E-state index contributed by atoms with van der Waals surface area (Å²) in [6.45, 7) is 8.64. The van der Waals surface area contributed by atoms with Gasteiger partial charge < -0.3 is 9.88 Å². The summed E-state index contributed by atoms with van der Waals surface area (Å²) in [7, 11) is 0. The van der Waals surface area contributed by atoms with E-state index in [1.165, 1.54) is 11.8 Å². The van der Waals surface area contributed by atoms with E-state index in [0.29, 0.717) is 28.7 Å². The summed E-state index contributed by atoms with van der Waals surface area (Å²) in [6.07, 6.45) is 1.92. The van der Waals surface area contributed by atoms with E-state index in [0.717, 1.165) is 21.4 Å². The summed E-state index contributed by atoms with van der Waals surface area (Å²) in [4.78, 5) is 30.6. The van der Waals surface area contributed by atoms with Gasteiger partial charge in [0.15, 0.2) is 5.16 Å². The molecule has 0 unspecified atom stereocenters. The van der Waals surface area contributed by atoms with Crippen molar-refractivity contribution in [2.24, 2.45) is 5.92 Å². The molecule has 0 fully saturated rings. The van der Waals surface area contributed by atoms with Crippen LogP contribution in [0, 0.1) is 19.8 Å². The minimum atomic E-state index is -0.184. The van der Waals surface area contributed by atoms with Crippen molar-refractivity contribution in [3.05, 3.63) is 50.3 Å². The molecule has 154 valence electrons. The minimum absolute atomic E-state index is 0.0572. The Morgan fingerprint density at radius 3 is 2.59 bits per heavy atom. The molecule has 8 heteroatoms. The van der Waals surface area contributed by atoms with E-state index in [1.54, 1.807) is 9.13 Å². The molecular formula is C21H25BrN4O2S. The van der Waals surface area contributed by atoms with Gasteiger partial charge in [0, 0.05) is 22.4 Å². The zero-order chi connectivity index (χ0) is 21.3. The quantitative estimate of drug-likeness (QED) is 0.417. The number of thioether (sulfide) groups is 1. The molecular weight excluding hydrogens is 452 g/mol. The molecule has 0 aliphatic carbocycles. The third kappa shape index (κ3) is 4.59. The standard InChI is InChI=1S/C21H25BrN4O2S/c1-12(2)10-26-20(28)19-17(24-21(26)29-5)9-14(4)25(19)11-18(27)23-15-6-7-16(22)13(3)8-15/h6-9,12H,10-11H2,1-5H3,(H,23,27). The number of amides is 1. The number of halogens is 1. The molecule has 0 bridgehead atoms. The van der Waals surface area contributed by atoms with Crippen molar-refractivity contribution in [2.45, 2.75) is 45.9 Å². The average molecular weight is 477 g/mol. The fraction of sp³-hybridized carbons (Fsp3) is 0.381. The van der Waals surface area contributed by atoms with Crippen molar-refractivity contribution in [2.75, 3.05) is 11.6 Å². The number of fused-ring (bicyclic) bond motifs is 1. The van der Waals surface area contributed by atoms with Gasteiger partial charge in [0.2, 0.25) is 5.91 Å². The molecule has 1 amide bonds. The Balaban J connectivity index is 1.98. The highest BCUT2D eigenvalue weighted by atomic mass is 79.9. The van der Waals surface area contributed by atoms with Gasteiger partial charge in [-0.2, -0.15) is 0 Å². The molecule has 2 heterocycles. The number of carbonyl (C=O) groups excluding carboxylic acids is 1. The van der Waals surface area contributed by atoms with Crippen LogP contribution in [0.1, 0.15) is 25.1 Å². The lowest BCUT2D eigenvalue weighted by Gasteiger charge is -2.14. The second-order valence-electron chi connectivity index (χ2n) is 7.53. The number of nitrogens with zero attached hydrogens (tertiary/aromatic N) is 3. The molecule has 0 aliphatic rings. The first-order valence-electron chi connectivity index (χ1n) is 9.42. The maximum Gasteiger partial charge on any atom is 0.278 e. The van der Waals surface area contributed by atoms with E-state index in [9.17, 15) is 9.59 Å². The maximum atomic E-state index is 13.3. The van der Waals surface area contributed by atoms with Gasteiger partial charge in [-0.1, -0.05) is 41.5 Å². The highest BCUT2D eigenvalue weighted by Gasteiger charge is 2.18. The van der Waals surface area contributed by atoms with Crippen LogP contribution in [0.5, 0.6) is 0 Å². The molecule has 3 aromatic rings. The number of hydrogen-bond acceptors (Lipinski definition) is 4. The SMILES string of the molecule is CSc1nc2cc(C)n(CC(=O)Nc3ccc(Br)c(C)c3)c2c(=O)n1CC(C)C. The highest BCUT2D eigenvalue weighted by Crippen LogP contribution is 2.22. The van der Waals surface area contributed by atoms with Crippen molar-refractivity contribution in [3.8, 4) is 0 Å². The van der Waals surface area contributed by atoms with Gasteiger partial charge in [-0.3, -0.25) is 14.2 Å². The van der Waals surface area contributed by atoms with Gasteiger partial charge in [-0.25, -0.2) is 4.98 Å². The first kappa shape index (κ1) is 21.6. The average Bonchev–Trinajstić information content (AvgIpc) is 2.95. The van der Waals surface area contributed by atoms with Gasteiger partial charge in [-0.05, 0) is 55.9 Å². The van der Waals surface area contributed by atoms with E-state index in [2.05, 4.69) is 40.1 Å². The van der Waals surface area contributed by atoms with Crippen LogP contribution >= 0.6 is 27.7 Å². The molecule has 1 N–H and O–H groups in total. The fourth-order valence-corrected chi connectivity index (χ4v) is 4.11. The number of hydrogen-bond donors (Lipinski definition) is 1. The second-order valence-corrected chi connectivity index (χ2v) is 9.15. The zero-order valence-corrected chi connectivity index (χ0v) is 19.6. The summed E-state index contributed by atoms with van der Waals surface area (Å²) < 4.78 is 4.46. The molecule has 0 saturated heterocycles. The van der Waals surface area contributed by atoms with Crippen LogP contribution in [0.15, 0.2) is 38.7 Å². The Hall–Kier alpha value is -2.06. The van der Waals surface area contributed by atoms with Crippen molar-refractivity contribution < 1.29 is 4.79 Å². The lowest BCUT2D eigenvalue weighted by Crippen LogP contribution is -2.28. The van der Waals surface area contributed by atoms with Crippen molar-refractivity contribution in [1.29, 1.82) is 0 Å². The van der Waals surface area contributed by atoms with Crippen LogP contribution in [0.4, 0.5) is 5.69 Å². The van der Waals surface area contributed by atoms with Crippen LogP contribution < -0.4 is 10.9 Å². The van der Waals surface area contributed by atoms with E-state index in [1.807, 2.05) is 44.4 Å². The van der Waals surface area contributed by atoms with E-state index < -0.39 is 0 Å². The van der Waals surface area contributed by atoms with Crippen molar-refractivity contribution >= 4 is 50.3 Å². The maximum absolute atomic E-state index is 13.3. The Kier molecular flexibility index (Phi) is 6.53. The molecule has 0 saturated carbocycles. The van der Waals surface area contributed by atoms with E-state index >= 15 is 0 Å². The number of carbonyl (C=O) groups is 1. The summed E-state index contributed by atoms with van der Waals surface area (Å²) in [6, 6.07) is 7.52. The predicted octanol–water partition coefficient (Wildman–Crippen LogP) is 4.59. The Bertz CT molecular complexity index is 1130. The molecule has 0 spiro atoms.